The van der Waals surface area contributed by atoms with Gasteiger partial charge < -0.3 is 10.6 Å². The number of benzene rings is 1. The molecule has 3 rings (SSSR count). The van der Waals surface area contributed by atoms with Gasteiger partial charge in [-0.3, -0.25) is 4.79 Å². The van der Waals surface area contributed by atoms with Crippen molar-refractivity contribution in [1.82, 2.24) is 10.6 Å². The number of halogens is 3. The maximum atomic E-state index is 13.2. The van der Waals surface area contributed by atoms with Gasteiger partial charge in [0.15, 0.2) is 0 Å². The van der Waals surface area contributed by atoms with E-state index in [1.165, 1.54) is 18.6 Å². The zero-order valence-electron chi connectivity index (χ0n) is 12.3. The van der Waals surface area contributed by atoms with Crippen LogP contribution in [0.1, 0.15) is 31.2 Å². The summed E-state index contributed by atoms with van der Waals surface area (Å²) in [5.74, 6) is -0.830. The Hall–Kier alpha value is -1.20. The molecule has 0 unspecified atom stereocenters. The van der Waals surface area contributed by atoms with E-state index in [1.54, 1.807) is 0 Å². The maximum absolute atomic E-state index is 13.2. The Bertz CT molecular complexity index is 535. The molecule has 2 atom stereocenters. The second kappa shape index (κ2) is 6.92. The van der Waals surface area contributed by atoms with E-state index >= 15 is 0 Å². The molecule has 1 heterocycles. The number of hydrogen-bond acceptors (Lipinski definition) is 2. The van der Waals surface area contributed by atoms with Gasteiger partial charge in [0.1, 0.15) is 11.6 Å². The Kier molecular flexibility index (Phi) is 5.40. The number of fused-ring (bicyclic) bond motifs is 1. The normalized spacial score (nSPS) is 26.9. The molecule has 1 aliphatic heterocycles. The first-order valence-electron chi connectivity index (χ1n) is 7.54. The Morgan fingerprint density at radius 2 is 2.00 bits per heavy atom. The van der Waals surface area contributed by atoms with Crippen LogP contribution in [0.15, 0.2) is 18.2 Å². The van der Waals surface area contributed by atoms with E-state index < -0.39 is 11.6 Å². The molecule has 6 heteroatoms. The monoisotopic (exact) mass is 330 g/mol. The molecule has 122 valence electrons. The van der Waals surface area contributed by atoms with Crippen molar-refractivity contribution in [1.29, 1.82) is 0 Å². The van der Waals surface area contributed by atoms with Crippen LogP contribution in [0.25, 0.3) is 0 Å². The highest BCUT2D eigenvalue weighted by molar-refractivity contribution is 5.85. The lowest BCUT2D eigenvalue weighted by Gasteiger charge is -2.37. The van der Waals surface area contributed by atoms with E-state index in [1.807, 2.05) is 0 Å². The van der Waals surface area contributed by atoms with Crippen LogP contribution in [-0.2, 0) is 11.3 Å². The van der Waals surface area contributed by atoms with Crippen LogP contribution in [0, 0.1) is 23.0 Å². The fourth-order valence-corrected chi connectivity index (χ4v) is 3.76. The number of rotatable bonds is 3. The molecule has 0 spiro atoms. The molecule has 1 saturated carbocycles. The molecule has 2 aliphatic rings. The summed E-state index contributed by atoms with van der Waals surface area (Å²) in [4.78, 5) is 12.6. The van der Waals surface area contributed by atoms with E-state index in [0.717, 1.165) is 31.9 Å². The summed E-state index contributed by atoms with van der Waals surface area (Å²) >= 11 is 0. The highest BCUT2D eigenvalue weighted by Crippen LogP contribution is 2.43. The lowest BCUT2D eigenvalue weighted by Crippen LogP contribution is -2.47. The SMILES string of the molecule is Cl.O=C(NCc1cc(F)cc(F)c1)[C@@]12CCCC[C@H]1CNC2. The molecule has 1 aromatic rings. The van der Waals surface area contributed by atoms with Gasteiger partial charge in [-0.05, 0) is 43.0 Å². The molecule has 0 aromatic heterocycles. The molecular formula is C16H21ClF2N2O. The first-order valence-corrected chi connectivity index (χ1v) is 7.54. The third kappa shape index (κ3) is 3.25. The number of hydrogen-bond donors (Lipinski definition) is 2. The van der Waals surface area contributed by atoms with Crippen molar-refractivity contribution in [2.45, 2.75) is 32.2 Å². The van der Waals surface area contributed by atoms with Gasteiger partial charge in [0.25, 0.3) is 0 Å². The summed E-state index contributed by atoms with van der Waals surface area (Å²) in [7, 11) is 0. The van der Waals surface area contributed by atoms with Crippen LogP contribution in [-0.4, -0.2) is 19.0 Å². The molecule has 3 nitrogen and oxygen atoms in total. The molecule has 0 radical (unpaired) electrons. The topological polar surface area (TPSA) is 41.1 Å². The van der Waals surface area contributed by atoms with Crippen LogP contribution in [0.3, 0.4) is 0 Å². The fourth-order valence-electron chi connectivity index (χ4n) is 3.76. The number of carbonyl (C=O) groups excluding carboxylic acids is 1. The predicted octanol–water partition coefficient (Wildman–Crippen LogP) is 2.78. The van der Waals surface area contributed by atoms with Crippen molar-refractivity contribution in [2.75, 3.05) is 13.1 Å². The van der Waals surface area contributed by atoms with Crippen LogP contribution < -0.4 is 10.6 Å². The van der Waals surface area contributed by atoms with E-state index in [2.05, 4.69) is 10.6 Å². The largest absolute Gasteiger partial charge is 0.351 e. The summed E-state index contributed by atoms with van der Waals surface area (Å²) < 4.78 is 26.3. The molecule has 1 saturated heterocycles. The van der Waals surface area contributed by atoms with Gasteiger partial charge in [0.05, 0.1) is 5.41 Å². The highest BCUT2D eigenvalue weighted by atomic mass is 35.5. The van der Waals surface area contributed by atoms with Crippen molar-refractivity contribution in [3.05, 3.63) is 35.4 Å². The average Bonchev–Trinajstić information content (AvgIpc) is 2.88. The average molecular weight is 331 g/mol. The second-order valence-electron chi connectivity index (χ2n) is 6.19. The van der Waals surface area contributed by atoms with E-state index in [0.29, 0.717) is 18.0 Å². The molecular weight excluding hydrogens is 310 g/mol. The molecule has 2 N–H and O–H groups in total. The standard InChI is InChI=1S/C16H20F2N2O.ClH/c17-13-5-11(6-14(18)7-13)8-20-15(21)16-4-2-1-3-12(16)9-19-10-16;/h5-7,12,19H,1-4,8-10H2,(H,20,21);1H/t12-,16+;/m0./s1. The quantitative estimate of drug-likeness (QED) is 0.894. The van der Waals surface area contributed by atoms with E-state index in [-0.39, 0.29) is 30.3 Å². The molecule has 1 amide bonds. The number of nitrogens with one attached hydrogen (secondary N) is 2. The Morgan fingerprint density at radius 1 is 1.27 bits per heavy atom. The molecule has 1 aliphatic carbocycles. The second-order valence-corrected chi connectivity index (χ2v) is 6.19. The van der Waals surface area contributed by atoms with Crippen LogP contribution in [0.4, 0.5) is 8.78 Å². The van der Waals surface area contributed by atoms with Crippen LogP contribution in [0.2, 0.25) is 0 Å². The number of carbonyl (C=O) groups is 1. The van der Waals surface area contributed by atoms with Gasteiger partial charge >= 0.3 is 0 Å². The van der Waals surface area contributed by atoms with Crippen LogP contribution in [0.5, 0.6) is 0 Å². The summed E-state index contributed by atoms with van der Waals surface area (Å²) in [5.41, 5.74) is 0.125. The fraction of sp³-hybridized carbons (Fsp3) is 0.562. The van der Waals surface area contributed by atoms with Gasteiger partial charge in [-0.1, -0.05) is 12.8 Å². The molecule has 0 bridgehead atoms. The van der Waals surface area contributed by atoms with Crippen LogP contribution >= 0.6 is 12.4 Å². The summed E-state index contributed by atoms with van der Waals surface area (Å²) in [5, 5.41) is 6.19. The van der Waals surface area contributed by atoms with E-state index in [4.69, 9.17) is 0 Å². The molecule has 22 heavy (non-hydrogen) atoms. The third-order valence-corrected chi connectivity index (χ3v) is 4.87. The zero-order valence-corrected chi connectivity index (χ0v) is 13.1. The maximum Gasteiger partial charge on any atom is 0.228 e. The van der Waals surface area contributed by atoms with Gasteiger partial charge in [0.2, 0.25) is 5.91 Å². The predicted molar refractivity (Wildman–Crippen MR) is 82.7 cm³/mol. The number of amides is 1. The third-order valence-electron chi connectivity index (χ3n) is 4.87. The minimum absolute atomic E-state index is 0. The lowest BCUT2D eigenvalue weighted by atomic mass is 9.67. The van der Waals surface area contributed by atoms with Gasteiger partial charge in [-0.15, -0.1) is 12.4 Å². The first kappa shape index (κ1) is 17.2. The summed E-state index contributed by atoms with van der Waals surface area (Å²) in [6.45, 7) is 1.77. The minimum Gasteiger partial charge on any atom is -0.351 e. The van der Waals surface area contributed by atoms with Crippen molar-refractivity contribution in [3.63, 3.8) is 0 Å². The van der Waals surface area contributed by atoms with Crippen molar-refractivity contribution >= 4 is 18.3 Å². The van der Waals surface area contributed by atoms with E-state index in [9.17, 15) is 13.6 Å². The molecule has 2 fully saturated rings. The van der Waals surface area contributed by atoms with Crippen molar-refractivity contribution in [2.24, 2.45) is 11.3 Å². The minimum atomic E-state index is -0.615. The Balaban J connectivity index is 0.00000176. The zero-order chi connectivity index (χ0) is 14.9. The lowest BCUT2D eigenvalue weighted by molar-refractivity contribution is -0.134. The van der Waals surface area contributed by atoms with Crippen molar-refractivity contribution in [3.8, 4) is 0 Å². The Morgan fingerprint density at radius 3 is 2.73 bits per heavy atom. The van der Waals surface area contributed by atoms with Crippen molar-refractivity contribution < 1.29 is 13.6 Å². The smallest absolute Gasteiger partial charge is 0.228 e. The van der Waals surface area contributed by atoms with Gasteiger partial charge in [-0.2, -0.15) is 0 Å². The Labute approximate surface area is 135 Å². The van der Waals surface area contributed by atoms with Gasteiger partial charge in [0, 0.05) is 19.2 Å². The highest BCUT2D eigenvalue weighted by Gasteiger charge is 2.49. The first-order chi connectivity index (χ1) is 10.1. The summed E-state index contributed by atoms with van der Waals surface area (Å²) in [6, 6.07) is 3.35. The molecule has 1 aromatic carbocycles. The van der Waals surface area contributed by atoms with Gasteiger partial charge in [-0.25, -0.2) is 8.78 Å². The summed E-state index contributed by atoms with van der Waals surface area (Å²) in [6.07, 6.45) is 4.22.